The first-order chi connectivity index (χ1) is 9.67. The lowest BCUT2D eigenvalue weighted by Gasteiger charge is -2.31. The molecule has 1 aromatic carbocycles. The van der Waals surface area contributed by atoms with Gasteiger partial charge in [0.05, 0.1) is 0 Å². The molecule has 2 N–H and O–H groups in total. The van der Waals surface area contributed by atoms with Crippen LogP contribution in [0.2, 0.25) is 5.02 Å². The van der Waals surface area contributed by atoms with Gasteiger partial charge in [-0.3, -0.25) is 4.79 Å². The Bertz CT molecular complexity index is 481. The van der Waals surface area contributed by atoms with Gasteiger partial charge in [0, 0.05) is 22.3 Å². The number of anilines is 1. The van der Waals surface area contributed by atoms with Crippen LogP contribution in [0.15, 0.2) is 18.2 Å². The number of halogens is 4. The molecule has 0 radical (unpaired) electrons. The predicted octanol–water partition coefficient (Wildman–Crippen LogP) is 4.12. The Morgan fingerprint density at radius 3 is 2.29 bits per heavy atom. The van der Waals surface area contributed by atoms with Crippen LogP contribution in [0.3, 0.4) is 0 Å². The average Bonchev–Trinajstić information content (AvgIpc) is 2.35. The van der Waals surface area contributed by atoms with Gasteiger partial charge in [-0.05, 0) is 31.0 Å². The molecule has 0 aliphatic carbocycles. The number of benzene rings is 1. The van der Waals surface area contributed by atoms with E-state index < -0.39 is 24.7 Å². The molecule has 118 valence electrons. The van der Waals surface area contributed by atoms with Crippen LogP contribution in [0.5, 0.6) is 0 Å². The van der Waals surface area contributed by atoms with Gasteiger partial charge in [0.25, 0.3) is 5.91 Å². The summed E-state index contributed by atoms with van der Waals surface area (Å²) in [6.07, 6.45) is -3.58. The Labute approximate surface area is 126 Å². The molecule has 1 rings (SSSR count). The molecule has 0 atom stereocenters. The van der Waals surface area contributed by atoms with Gasteiger partial charge in [0.15, 0.2) is 0 Å². The lowest BCUT2D eigenvalue weighted by molar-refractivity contribution is -0.144. The number of carbonyl (C=O) groups is 1. The van der Waals surface area contributed by atoms with E-state index in [0.717, 1.165) is 4.90 Å². The lowest BCUT2D eigenvalue weighted by Crippen LogP contribution is -2.45. The molecule has 0 bridgehead atoms. The lowest BCUT2D eigenvalue weighted by atomic mass is 10.1. The van der Waals surface area contributed by atoms with E-state index in [1.165, 1.54) is 18.2 Å². The minimum absolute atomic E-state index is 0.0659. The van der Waals surface area contributed by atoms with Crippen molar-refractivity contribution in [3.63, 3.8) is 0 Å². The van der Waals surface area contributed by atoms with Crippen molar-refractivity contribution in [2.24, 2.45) is 0 Å². The van der Waals surface area contributed by atoms with E-state index in [1.807, 2.05) is 0 Å². The Kier molecular flexibility index (Phi) is 5.89. The summed E-state index contributed by atoms with van der Waals surface area (Å²) in [6.45, 7) is 2.21. The molecule has 1 aromatic rings. The monoisotopic (exact) mass is 322 g/mol. The molecular weight excluding hydrogens is 305 g/mol. The van der Waals surface area contributed by atoms with Gasteiger partial charge in [-0.2, -0.15) is 13.2 Å². The summed E-state index contributed by atoms with van der Waals surface area (Å²) in [5, 5.41) is 0.217. The SMILES string of the molecule is CCC(CC)N(CC(F)(F)F)C(=O)c1cc(N)cc(Cl)c1. The first-order valence-electron chi connectivity index (χ1n) is 6.61. The van der Waals surface area contributed by atoms with Gasteiger partial charge in [-0.15, -0.1) is 0 Å². The van der Waals surface area contributed by atoms with Crippen LogP contribution in [-0.2, 0) is 0 Å². The summed E-state index contributed by atoms with van der Waals surface area (Å²) < 4.78 is 38.2. The van der Waals surface area contributed by atoms with Crippen molar-refractivity contribution in [3.8, 4) is 0 Å². The van der Waals surface area contributed by atoms with Gasteiger partial charge >= 0.3 is 6.18 Å². The van der Waals surface area contributed by atoms with E-state index in [0.29, 0.717) is 12.8 Å². The molecule has 0 unspecified atom stereocenters. The number of nitrogen functional groups attached to an aromatic ring is 1. The largest absolute Gasteiger partial charge is 0.406 e. The summed E-state index contributed by atoms with van der Waals surface area (Å²) >= 11 is 5.81. The Morgan fingerprint density at radius 1 is 1.29 bits per heavy atom. The number of nitrogens with zero attached hydrogens (tertiary/aromatic N) is 1. The molecule has 0 heterocycles. The minimum atomic E-state index is -4.46. The van der Waals surface area contributed by atoms with Gasteiger partial charge in [0.2, 0.25) is 0 Å². The molecule has 0 saturated carbocycles. The van der Waals surface area contributed by atoms with Crippen LogP contribution < -0.4 is 5.73 Å². The molecule has 0 aliphatic heterocycles. The number of carbonyl (C=O) groups excluding carboxylic acids is 1. The standard InChI is InChI=1S/C14H18ClF3N2O/c1-3-12(4-2)20(8-14(16,17)18)13(21)9-5-10(15)7-11(19)6-9/h5-7,12H,3-4,8,19H2,1-2H3. The van der Waals surface area contributed by atoms with E-state index in [4.69, 9.17) is 17.3 Å². The third kappa shape index (κ3) is 5.12. The zero-order chi connectivity index (χ0) is 16.2. The van der Waals surface area contributed by atoms with Crippen molar-refractivity contribution < 1.29 is 18.0 Å². The summed E-state index contributed by atoms with van der Waals surface area (Å²) in [7, 11) is 0. The van der Waals surface area contributed by atoms with E-state index in [-0.39, 0.29) is 16.3 Å². The van der Waals surface area contributed by atoms with Crippen LogP contribution in [0.4, 0.5) is 18.9 Å². The van der Waals surface area contributed by atoms with Crippen LogP contribution in [0, 0.1) is 0 Å². The average molecular weight is 323 g/mol. The summed E-state index contributed by atoms with van der Waals surface area (Å²) in [6, 6.07) is 3.61. The second-order valence-electron chi connectivity index (χ2n) is 4.79. The third-order valence-electron chi connectivity index (χ3n) is 3.16. The number of rotatable bonds is 5. The number of amides is 1. The Balaban J connectivity index is 3.14. The highest BCUT2D eigenvalue weighted by Crippen LogP contribution is 2.24. The Hall–Kier alpha value is -1.43. The highest BCUT2D eigenvalue weighted by Gasteiger charge is 2.36. The number of hydrogen-bond donors (Lipinski definition) is 1. The highest BCUT2D eigenvalue weighted by atomic mass is 35.5. The zero-order valence-electron chi connectivity index (χ0n) is 11.9. The van der Waals surface area contributed by atoms with E-state index in [2.05, 4.69) is 0 Å². The number of alkyl halides is 3. The molecule has 3 nitrogen and oxygen atoms in total. The molecule has 0 saturated heterocycles. The van der Waals surface area contributed by atoms with E-state index >= 15 is 0 Å². The normalized spacial score (nSPS) is 11.8. The van der Waals surface area contributed by atoms with Crippen LogP contribution in [-0.4, -0.2) is 29.6 Å². The zero-order valence-corrected chi connectivity index (χ0v) is 12.6. The Morgan fingerprint density at radius 2 is 1.86 bits per heavy atom. The van der Waals surface area contributed by atoms with Gasteiger partial charge in [-0.25, -0.2) is 0 Å². The molecule has 21 heavy (non-hydrogen) atoms. The van der Waals surface area contributed by atoms with Crippen molar-refractivity contribution in [1.82, 2.24) is 4.90 Å². The minimum Gasteiger partial charge on any atom is -0.399 e. The molecular formula is C14H18ClF3N2O. The second-order valence-corrected chi connectivity index (χ2v) is 5.23. The third-order valence-corrected chi connectivity index (χ3v) is 3.38. The van der Waals surface area contributed by atoms with E-state index in [1.54, 1.807) is 13.8 Å². The first-order valence-corrected chi connectivity index (χ1v) is 6.99. The second kappa shape index (κ2) is 7.02. The topological polar surface area (TPSA) is 46.3 Å². The molecule has 7 heteroatoms. The quantitative estimate of drug-likeness (QED) is 0.829. The van der Waals surface area contributed by atoms with Gasteiger partial charge in [0.1, 0.15) is 6.54 Å². The van der Waals surface area contributed by atoms with E-state index in [9.17, 15) is 18.0 Å². The maximum Gasteiger partial charge on any atom is 0.406 e. The van der Waals surface area contributed by atoms with Crippen molar-refractivity contribution in [2.75, 3.05) is 12.3 Å². The van der Waals surface area contributed by atoms with Gasteiger partial charge < -0.3 is 10.6 Å². The summed E-state index contributed by atoms with van der Waals surface area (Å²) in [5.41, 5.74) is 5.89. The van der Waals surface area contributed by atoms with Gasteiger partial charge in [-0.1, -0.05) is 25.4 Å². The van der Waals surface area contributed by atoms with Crippen molar-refractivity contribution in [1.29, 1.82) is 0 Å². The fourth-order valence-electron chi connectivity index (χ4n) is 2.19. The number of hydrogen-bond acceptors (Lipinski definition) is 2. The molecule has 1 amide bonds. The molecule has 0 aliphatic rings. The maximum absolute atomic E-state index is 12.7. The summed E-state index contributed by atoms with van der Waals surface area (Å²) in [5.74, 6) is -0.713. The van der Waals surface area contributed by atoms with Crippen molar-refractivity contribution in [3.05, 3.63) is 28.8 Å². The summed E-state index contributed by atoms with van der Waals surface area (Å²) in [4.78, 5) is 13.2. The smallest absolute Gasteiger partial charge is 0.399 e. The van der Waals surface area contributed by atoms with Crippen molar-refractivity contribution in [2.45, 2.75) is 38.9 Å². The maximum atomic E-state index is 12.7. The molecule has 0 spiro atoms. The van der Waals surface area contributed by atoms with Crippen LogP contribution in [0.25, 0.3) is 0 Å². The number of nitrogens with two attached hydrogens (primary N) is 1. The predicted molar refractivity (Wildman–Crippen MR) is 77.3 cm³/mol. The molecule has 0 fully saturated rings. The first kappa shape index (κ1) is 17.6. The fourth-order valence-corrected chi connectivity index (χ4v) is 2.43. The molecule has 0 aromatic heterocycles. The fraction of sp³-hybridized carbons (Fsp3) is 0.500. The van der Waals surface area contributed by atoms with Crippen molar-refractivity contribution >= 4 is 23.2 Å². The van der Waals surface area contributed by atoms with Crippen LogP contribution in [0.1, 0.15) is 37.0 Å². The highest BCUT2D eigenvalue weighted by molar-refractivity contribution is 6.31. The van der Waals surface area contributed by atoms with Crippen LogP contribution >= 0.6 is 11.6 Å².